The van der Waals surface area contributed by atoms with Crippen molar-refractivity contribution in [1.82, 2.24) is 8.87 Å². The van der Waals surface area contributed by atoms with Gasteiger partial charge >= 0.3 is 0 Å². The van der Waals surface area contributed by atoms with Crippen LogP contribution < -0.4 is 4.80 Å². The van der Waals surface area contributed by atoms with E-state index in [0.717, 1.165) is 15.8 Å². The van der Waals surface area contributed by atoms with Gasteiger partial charge in [-0.3, -0.25) is 4.79 Å². The first-order chi connectivity index (χ1) is 16.7. The molecular weight excluding hydrogens is 482 g/mol. The third-order valence-corrected chi connectivity index (χ3v) is 9.48. The number of thiazole rings is 1. The van der Waals surface area contributed by atoms with Crippen LogP contribution in [0.1, 0.15) is 36.5 Å². The molecule has 0 spiro atoms. The van der Waals surface area contributed by atoms with Gasteiger partial charge < -0.3 is 9.30 Å². The van der Waals surface area contributed by atoms with Crippen LogP contribution in [-0.4, -0.2) is 49.5 Å². The zero-order chi connectivity index (χ0) is 25.2. The molecule has 1 amide bonds. The smallest absolute Gasteiger partial charge is 0.252 e. The van der Waals surface area contributed by atoms with Crippen molar-refractivity contribution in [2.24, 2.45) is 10.9 Å². The van der Waals surface area contributed by atoms with Crippen LogP contribution in [0.3, 0.4) is 0 Å². The molecule has 0 aliphatic carbocycles. The van der Waals surface area contributed by atoms with Crippen LogP contribution in [0.2, 0.25) is 0 Å². The Bertz CT molecular complexity index is 1390. The number of carbonyl (C=O) groups is 1. The fraction of sp³-hybridized carbons (Fsp3) is 0.462. The van der Waals surface area contributed by atoms with Gasteiger partial charge in [-0.2, -0.15) is 9.30 Å². The summed E-state index contributed by atoms with van der Waals surface area (Å²) < 4.78 is 36.5. The molecule has 1 unspecified atom stereocenters. The Morgan fingerprint density at radius 3 is 2.57 bits per heavy atom. The van der Waals surface area contributed by atoms with Crippen LogP contribution >= 0.6 is 11.3 Å². The molecule has 3 aromatic rings. The summed E-state index contributed by atoms with van der Waals surface area (Å²) in [5.74, 6) is -0.725. The first-order valence-electron chi connectivity index (χ1n) is 12.0. The van der Waals surface area contributed by atoms with E-state index in [2.05, 4.69) is 31.0 Å². The van der Waals surface area contributed by atoms with Crippen molar-refractivity contribution in [3.8, 4) is 0 Å². The molecule has 188 valence electrons. The minimum Gasteiger partial charge on any atom is -0.380 e. The fourth-order valence-electron chi connectivity index (χ4n) is 4.33. The van der Waals surface area contributed by atoms with Gasteiger partial charge in [0.25, 0.3) is 5.91 Å². The highest BCUT2D eigenvalue weighted by Gasteiger charge is 2.33. The molecule has 35 heavy (non-hydrogen) atoms. The monoisotopic (exact) mass is 515 g/mol. The zero-order valence-electron chi connectivity index (χ0n) is 20.8. The van der Waals surface area contributed by atoms with E-state index < -0.39 is 15.9 Å². The van der Waals surface area contributed by atoms with Crippen molar-refractivity contribution in [2.75, 3.05) is 26.3 Å². The molecule has 9 heteroatoms. The van der Waals surface area contributed by atoms with Gasteiger partial charge in [0.05, 0.1) is 27.6 Å². The lowest BCUT2D eigenvalue weighted by Gasteiger charge is -2.30. The molecule has 0 bridgehead atoms. The largest absolute Gasteiger partial charge is 0.380 e. The van der Waals surface area contributed by atoms with Gasteiger partial charge in [0.1, 0.15) is 0 Å². The molecule has 2 heterocycles. The number of rotatable bonds is 7. The van der Waals surface area contributed by atoms with Crippen molar-refractivity contribution >= 4 is 37.5 Å². The number of sulfonamides is 1. The maximum Gasteiger partial charge on any atom is 0.252 e. The zero-order valence-corrected chi connectivity index (χ0v) is 22.4. The second-order valence-corrected chi connectivity index (χ2v) is 12.0. The Morgan fingerprint density at radius 1 is 1.14 bits per heavy atom. The molecule has 0 radical (unpaired) electrons. The Labute approximate surface area is 211 Å². The normalized spacial score (nSPS) is 17.8. The molecule has 0 saturated carbocycles. The van der Waals surface area contributed by atoms with Crippen LogP contribution in [0.5, 0.6) is 0 Å². The molecule has 2 aromatic carbocycles. The molecule has 1 aromatic heterocycles. The molecule has 1 fully saturated rings. The van der Waals surface area contributed by atoms with E-state index in [1.54, 1.807) is 24.3 Å². The topological polar surface area (TPSA) is 81.0 Å². The lowest BCUT2D eigenvalue weighted by molar-refractivity contribution is -0.122. The Balaban J connectivity index is 1.63. The SMILES string of the molecule is CCOCCn1c(=NC(=O)C2CCCN(S(=O)(=O)c3ccc(C)cc3)C2)sc2cc(C)c(C)cc21. The standard InChI is InChI=1S/C26H33N3O4S2/c1-5-33-14-13-29-23-15-19(3)20(4)16-24(23)34-26(29)27-25(30)21-7-6-12-28(17-21)35(31,32)22-10-8-18(2)9-11-22/h8-11,15-16,21H,5-7,12-14,17H2,1-4H3. The molecule has 7 nitrogen and oxygen atoms in total. The second kappa shape index (κ2) is 10.7. The van der Waals surface area contributed by atoms with Crippen molar-refractivity contribution in [3.63, 3.8) is 0 Å². The number of ether oxygens (including phenoxy) is 1. The van der Waals surface area contributed by atoms with Crippen molar-refractivity contribution < 1.29 is 17.9 Å². The maximum atomic E-state index is 13.3. The number of amides is 1. The van der Waals surface area contributed by atoms with Crippen LogP contribution in [0.15, 0.2) is 46.3 Å². The number of fused-ring (bicyclic) bond motifs is 1. The van der Waals surface area contributed by atoms with Crippen molar-refractivity contribution in [1.29, 1.82) is 0 Å². The molecule has 1 aliphatic heterocycles. The fourth-order valence-corrected chi connectivity index (χ4v) is 7.00. The maximum absolute atomic E-state index is 13.3. The number of hydrogen-bond acceptors (Lipinski definition) is 5. The quantitative estimate of drug-likeness (QED) is 0.442. The Hall–Kier alpha value is -2.33. The molecule has 1 atom stereocenters. The van der Waals surface area contributed by atoms with E-state index in [1.165, 1.54) is 26.8 Å². The lowest BCUT2D eigenvalue weighted by atomic mass is 9.99. The molecule has 1 saturated heterocycles. The van der Waals surface area contributed by atoms with Crippen LogP contribution in [-0.2, 0) is 26.1 Å². The molecular formula is C26H33N3O4S2. The average Bonchev–Trinajstić information content (AvgIpc) is 3.15. The number of aromatic nitrogens is 1. The highest BCUT2D eigenvalue weighted by molar-refractivity contribution is 7.89. The third-order valence-electron chi connectivity index (χ3n) is 6.56. The molecule has 1 aliphatic rings. The van der Waals surface area contributed by atoms with Crippen LogP contribution in [0.4, 0.5) is 0 Å². The first-order valence-corrected chi connectivity index (χ1v) is 14.3. The van der Waals surface area contributed by atoms with Crippen LogP contribution in [0, 0.1) is 26.7 Å². The van der Waals surface area contributed by atoms with Gasteiger partial charge in [0.2, 0.25) is 10.0 Å². The summed E-state index contributed by atoms with van der Waals surface area (Å²) in [6.45, 7) is 10.3. The van der Waals surface area contributed by atoms with E-state index >= 15 is 0 Å². The summed E-state index contributed by atoms with van der Waals surface area (Å²) in [7, 11) is -3.65. The minimum atomic E-state index is -3.65. The molecule has 0 N–H and O–H groups in total. The van der Waals surface area contributed by atoms with E-state index in [0.29, 0.717) is 43.9 Å². The number of carbonyl (C=O) groups excluding carboxylic acids is 1. The van der Waals surface area contributed by atoms with Gasteiger partial charge in [-0.25, -0.2) is 8.42 Å². The summed E-state index contributed by atoms with van der Waals surface area (Å²) in [5, 5.41) is 0. The number of aryl methyl sites for hydroxylation is 3. The third kappa shape index (κ3) is 5.58. The summed E-state index contributed by atoms with van der Waals surface area (Å²) >= 11 is 1.49. The Morgan fingerprint density at radius 2 is 1.86 bits per heavy atom. The highest BCUT2D eigenvalue weighted by atomic mass is 32.2. The number of nitrogens with zero attached hydrogens (tertiary/aromatic N) is 3. The number of benzene rings is 2. The van der Waals surface area contributed by atoms with Crippen LogP contribution in [0.25, 0.3) is 10.2 Å². The van der Waals surface area contributed by atoms with Gasteiger partial charge in [-0.05, 0) is 75.9 Å². The van der Waals surface area contributed by atoms with Gasteiger partial charge in [-0.15, -0.1) is 0 Å². The van der Waals surface area contributed by atoms with E-state index in [9.17, 15) is 13.2 Å². The predicted octanol–water partition coefficient (Wildman–Crippen LogP) is 4.19. The van der Waals surface area contributed by atoms with Crippen molar-refractivity contribution in [2.45, 2.75) is 52.0 Å². The number of hydrogen-bond donors (Lipinski definition) is 0. The highest BCUT2D eigenvalue weighted by Crippen LogP contribution is 2.26. The molecule has 4 rings (SSSR count). The van der Waals surface area contributed by atoms with Gasteiger partial charge in [-0.1, -0.05) is 29.0 Å². The summed E-state index contributed by atoms with van der Waals surface area (Å²) in [4.78, 5) is 18.7. The summed E-state index contributed by atoms with van der Waals surface area (Å²) in [5.41, 5.74) is 4.41. The minimum absolute atomic E-state index is 0.153. The predicted molar refractivity (Wildman–Crippen MR) is 139 cm³/mol. The number of piperidine rings is 1. The van der Waals surface area contributed by atoms with E-state index in [-0.39, 0.29) is 17.3 Å². The van der Waals surface area contributed by atoms with Gasteiger partial charge in [0.15, 0.2) is 4.80 Å². The summed E-state index contributed by atoms with van der Waals surface area (Å²) in [6.07, 6.45) is 1.26. The van der Waals surface area contributed by atoms with Gasteiger partial charge in [0, 0.05) is 26.2 Å². The first kappa shape index (κ1) is 25.8. The summed E-state index contributed by atoms with van der Waals surface area (Å²) in [6, 6.07) is 11.1. The average molecular weight is 516 g/mol. The lowest BCUT2D eigenvalue weighted by Crippen LogP contribution is -2.42. The van der Waals surface area contributed by atoms with E-state index in [4.69, 9.17) is 4.74 Å². The second-order valence-electron chi connectivity index (χ2n) is 9.10. The van der Waals surface area contributed by atoms with Crippen molar-refractivity contribution in [3.05, 3.63) is 57.9 Å². The van der Waals surface area contributed by atoms with E-state index in [1.807, 2.05) is 18.4 Å². The Kier molecular flexibility index (Phi) is 7.90.